The highest BCUT2D eigenvalue weighted by Crippen LogP contribution is 2.27. The van der Waals surface area contributed by atoms with Gasteiger partial charge >= 0.3 is 0 Å². The molecule has 1 N–H and O–H groups in total. The molecular formula is C23H33N5O4S. The standard InChI is InChI=1S/C23H33N5O4S/c1-18-22(19(2)32-25-18)33(30,31)28-11-6-7-20(17-28)23(29)24-10-12-26-13-15-27(16-14-26)21-8-4-3-5-9-21/h3-5,8-9,20H,6-7,10-17H2,1-2H3,(H,24,29). The molecule has 1 aromatic carbocycles. The number of rotatable bonds is 7. The number of nitrogens with zero attached hydrogens (tertiary/aromatic N) is 4. The molecule has 1 aromatic heterocycles. The van der Waals surface area contributed by atoms with Crippen molar-refractivity contribution in [2.45, 2.75) is 31.6 Å². The molecule has 33 heavy (non-hydrogen) atoms. The molecule has 1 unspecified atom stereocenters. The molecule has 0 aliphatic carbocycles. The number of carbonyl (C=O) groups is 1. The van der Waals surface area contributed by atoms with Gasteiger partial charge in [0.15, 0.2) is 5.76 Å². The van der Waals surface area contributed by atoms with Gasteiger partial charge in [-0.05, 0) is 38.8 Å². The molecule has 2 fully saturated rings. The van der Waals surface area contributed by atoms with E-state index >= 15 is 0 Å². The Labute approximate surface area is 195 Å². The summed E-state index contributed by atoms with van der Waals surface area (Å²) in [4.78, 5) is 17.6. The summed E-state index contributed by atoms with van der Waals surface area (Å²) in [5, 5.41) is 6.80. The first kappa shape index (κ1) is 23.7. The number of aryl methyl sites for hydroxylation is 2. The summed E-state index contributed by atoms with van der Waals surface area (Å²) >= 11 is 0. The Morgan fingerprint density at radius 1 is 1.12 bits per heavy atom. The van der Waals surface area contributed by atoms with E-state index in [1.165, 1.54) is 9.99 Å². The minimum Gasteiger partial charge on any atom is -0.369 e. The van der Waals surface area contributed by atoms with Crippen LogP contribution in [0.3, 0.4) is 0 Å². The zero-order chi connectivity index (χ0) is 23.4. The van der Waals surface area contributed by atoms with Crippen LogP contribution in [0, 0.1) is 19.8 Å². The molecule has 9 nitrogen and oxygen atoms in total. The Morgan fingerprint density at radius 3 is 2.52 bits per heavy atom. The molecule has 2 aliphatic heterocycles. The van der Waals surface area contributed by atoms with E-state index in [0.29, 0.717) is 31.6 Å². The Hall–Kier alpha value is -2.43. The SMILES string of the molecule is Cc1noc(C)c1S(=O)(=O)N1CCCC(C(=O)NCCN2CCN(c3ccccc3)CC2)C1. The maximum absolute atomic E-state index is 13.1. The molecule has 0 spiro atoms. The number of aromatic nitrogens is 1. The van der Waals surface area contributed by atoms with Crippen LogP contribution in [0.5, 0.6) is 0 Å². The monoisotopic (exact) mass is 475 g/mol. The maximum atomic E-state index is 13.1. The zero-order valence-electron chi connectivity index (χ0n) is 19.4. The quantitative estimate of drug-likeness (QED) is 0.650. The Morgan fingerprint density at radius 2 is 1.85 bits per heavy atom. The van der Waals surface area contributed by atoms with Crippen molar-refractivity contribution >= 4 is 21.6 Å². The first-order valence-electron chi connectivity index (χ1n) is 11.6. The lowest BCUT2D eigenvalue weighted by atomic mass is 9.99. The average Bonchev–Trinajstić information content (AvgIpc) is 3.18. The fourth-order valence-electron chi connectivity index (χ4n) is 4.70. The predicted molar refractivity (Wildman–Crippen MR) is 126 cm³/mol. The van der Waals surface area contributed by atoms with Crippen molar-refractivity contribution < 1.29 is 17.7 Å². The maximum Gasteiger partial charge on any atom is 0.248 e. The van der Waals surface area contributed by atoms with Crippen LogP contribution in [0.15, 0.2) is 39.8 Å². The van der Waals surface area contributed by atoms with E-state index in [1.54, 1.807) is 13.8 Å². The molecule has 1 amide bonds. The van der Waals surface area contributed by atoms with Gasteiger partial charge in [0.2, 0.25) is 15.9 Å². The van der Waals surface area contributed by atoms with Gasteiger partial charge in [0.25, 0.3) is 0 Å². The number of hydrogen-bond acceptors (Lipinski definition) is 7. The van der Waals surface area contributed by atoms with E-state index < -0.39 is 10.0 Å². The van der Waals surface area contributed by atoms with Gasteiger partial charge < -0.3 is 14.7 Å². The number of piperidine rings is 1. The highest BCUT2D eigenvalue weighted by Gasteiger charge is 2.36. The molecule has 1 atom stereocenters. The third kappa shape index (κ3) is 5.39. The fourth-order valence-corrected chi connectivity index (χ4v) is 6.51. The van der Waals surface area contributed by atoms with Crippen LogP contribution in [-0.4, -0.2) is 81.0 Å². The van der Waals surface area contributed by atoms with Crippen molar-refractivity contribution in [2.24, 2.45) is 5.92 Å². The van der Waals surface area contributed by atoms with Gasteiger partial charge in [-0.1, -0.05) is 23.4 Å². The summed E-state index contributed by atoms with van der Waals surface area (Å²) < 4.78 is 32.6. The van der Waals surface area contributed by atoms with Crippen LogP contribution in [0.2, 0.25) is 0 Å². The van der Waals surface area contributed by atoms with Gasteiger partial charge in [0.1, 0.15) is 10.6 Å². The van der Waals surface area contributed by atoms with Gasteiger partial charge in [0, 0.05) is 58.0 Å². The van der Waals surface area contributed by atoms with Crippen LogP contribution < -0.4 is 10.2 Å². The first-order chi connectivity index (χ1) is 15.9. The highest BCUT2D eigenvalue weighted by atomic mass is 32.2. The molecule has 2 aromatic rings. The topological polar surface area (TPSA) is 99.0 Å². The van der Waals surface area contributed by atoms with Gasteiger partial charge in [-0.3, -0.25) is 9.69 Å². The molecule has 0 radical (unpaired) electrons. The first-order valence-corrected chi connectivity index (χ1v) is 13.0. The minimum atomic E-state index is -3.73. The van der Waals surface area contributed by atoms with Gasteiger partial charge in [-0.2, -0.15) is 4.31 Å². The van der Waals surface area contributed by atoms with E-state index in [0.717, 1.165) is 32.7 Å². The summed E-state index contributed by atoms with van der Waals surface area (Å²) in [7, 11) is -3.73. The Bertz CT molecular complexity index is 1030. The van der Waals surface area contributed by atoms with Crippen LogP contribution in [0.4, 0.5) is 5.69 Å². The van der Waals surface area contributed by atoms with E-state index in [-0.39, 0.29) is 29.0 Å². The van der Waals surface area contributed by atoms with Crippen molar-refractivity contribution in [3.8, 4) is 0 Å². The average molecular weight is 476 g/mol. The normalized spacial score (nSPS) is 20.7. The Balaban J connectivity index is 1.24. The molecule has 180 valence electrons. The largest absolute Gasteiger partial charge is 0.369 e. The fraction of sp³-hybridized carbons (Fsp3) is 0.565. The lowest BCUT2D eigenvalue weighted by molar-refractivity contribution is -0.126. The lowest BCUT2D eigenvalue weighted by Gasteiger charge is -2.36. The van der Waals surface area contributed by atoms with Crippen LogP contribution >= 0.6 is 0 Å². The smallest absolute Gasteiger partial charge is 0.248 e. The Kier molecular flexibility index (Phi) is 7.35. The summed E-state index contributed by atoms with van der Waals surface area (Å²) in [6.45, 7) is 9.02. The second-order valence-electron chi connectivity index (χ2n) is 8.81. The number of sulfonamides is 1. The molecular weight excluding hydrogens is 442 g/mol. The van der Waals surface area contributed by atoms with Gasteiger partial charge in [0.05, 0.1) is 5.92 Å². The summed E-state index contributed by atoms with van der Waals surface area (Å²) in [6, 6.07) is 10.4. The van der Waals surface area contributed by atoms with Crippen molar-refractivity contribution in [3.05, 3.63) is 41.8 Å². The second-order valence-corrected chi connectivity index (χ2v) is 10.7. The van der Waals surface area contributed by atoms with Crippen molar-refractivity contribution in [1.29, 1.82) is 0 Å². The van der Waals surface area contributed by atoms with Crippen molar-refractivity contribution in [2.75, 3.05) is 57.3 Å². The molecule has 4 rings (SSSR count). The van der Waals surface area contributed by atoms with Crippen LogP contribution in [-0.2, 0) is 14.8 Å². The van der Waals surface area contributed by atoms with Crippen LogP contribution in [0.1, 0.15) is 24.3 Å². The number of nitrogens with one attached hydrogen (secondary N) is 1. The summed E-state index contributed by atoms with van der Waals surface area (Å²) in [6.07, 6.45) is 1.34. The number of hydrogen-bond donors (Lipinski definition) is 1. The molecule has 2 aliphatic rings. The number of piperazine rings is 1. The van der Waals surface area contributed by atoms with Gasteiger partial charge in [-0.25, -0.2) is 8.42 Å². The number of anilines is 1. The molecule has 3 heterocycles. The predicted octanol–water partition coefficient (Wildman–Crippen LogP) is 1.63. The molecule has 2 saturated heterocycles. The molecule has 0 bridgehead atoms. The number of carbonyl (C=O) groups excluding carboxylic acids is 1. The lowest BCUT2D eigenvalue weighted by Crippen LogP contribution is -2.50. The number of para-hydroxylation sites is 1. The highest BCUT2D eigenvalue weighted by molar-refractivity contribution is 7.89. The van der Waals surface area contributed by atoms with Crippen molar-refractivity contribution in [1.82, 2.24) is 19.7 Å². The van der Waals surface area contributed by atoms with E-state index in [9.17, 15) is 13.2 Å². The molecule has 10 heteroatoms. The summed E-state index contributed by atoms with van der Waals surface area (Å²) in [5.41, 5.74) is 1.60. The third-order valence-electron chi connectivity index (χ3n) is 6.54. The van der Waals surface area contributed by atoms with E-state index in [2.05, 4.69) is 44.5 Å². The zero-order valence-corrected chi connectivity index (χ0v) is 20.2. The van der Waals surface area contributed by atoms with E-state index in [1.807, 2.05) is 6.07 Å². The number of benzene rings is 1. The number of amides is 1. The summed E-state index contributed by atoms with van der Waals surface area (Å²) in [5.74, 6) is -0.132. The second kappa shape index (κ2) is 10.2. The van der Waals surface area contributed by atoms with Crippen LogP contribution in [0.25, 0.3) is 0 Å². The molecule has 0 saturated carbocycles. The minimum absolute atomic E-state index is 0.0726. The third-order valence-corrected chi connectivity index (χ3v) is 8.65. The van der Waals surface area contributed by atoms with E-state index in [4.69, 9.17) is 4.52 Å². The van der Waals surface area contributed by atoms with Gasteiger partial charge in [-0.15, -0.1) is 0 Å². The van der Waals surface area contributed by atoms with Crippen molar-refractivity contribution in [3.63, 3.8) is 0 Å².